The average molecular weight is 250 g/mol. The van der Waals surface area contributed by atoms with Crippen molar-refractivity contribution >= 4 is 0 Å². The van der Waals surface area contributed by atoms with E-state index in [2.05, 4.69) is 44.3 Å². The second kappa shape index (κ2) is 7.39. The highest BCUT2D eigenvalue weighted by Gasteiger charge is 2.08. The number of ether oxygens (including phenoxy) is 1. The quantitative estimate of drug-likeness (QED) is 0.781. The van der Waals surface area contributed by atoms with E-state index in [0.717, 1.165) is 25.4 Å². The zero-order chi connectivity index (χ0) is 13.5. The summed E-state index contributed by atoms with van der Waals surface area (Å²) in [6.45, 7) is 9.10. The molecule has 3 N–H and O–H groups in total. The van der Waals surface area contributed by atoms with E-state index in [-0.39, 0.29) is 0 Å². The maximum absolute atomic E-state index is 5.60. The van der Waals surface area contributed by atoms with Gasteiger partial charge in [-0.05, 0) is 42.1 Å². The van der Waals surface area contributed by atoms with Crippen LogP contribution in [0, 0.1) is 5.92 Å². The molecule has 1 rings (SSSR count). The standard InChI is InChI=1S/C15H26N2O/c1-11(2)14-7-13(5-6-15(14)18-4)10-17-9-12(3)8-16/h5-7,11-12,17H,8-10,16H2,1-4H3. The lowest BCUT2D eigenvalue weighted by atomic mass is 9.99. The predicted molar refractivity (Wildman–Crippen MR) is 77.0 cm³/mol. The molecule has 3 heteroatoms. The first-order valence-corrected chi connectivity index (χ1v) is 6.66. The molecule has 0 saturated heterocycles. The lowest BCUT2D eigenvalue weighted by Crippen LogP contribution is -2.25. The first-order chi connectivity index (χ1) is 8.58. The molecule has 1 atom stereocenters. The lowest BCUT2D eigenvalue weighted by Gasteiger charge is -2.15. The molecule has 0 aliphatic heterocycles. The highest BCUT2D eigenvalue weighted by atomic mass is 16.5. The molecule has 0 aliphatic carbocycles. The van der Waals surface area contributed by atoms with Crippen molar-refractivity contribution in [3.05, 3.63) is 29.3 Å². The number of methoxy groups -OCH3 is 1. The molecule has 102 valence electrons. The van der Waals surface area contributed by atoms with Crippen molar-refractivity contribution in [1.82, 2.24) is 5.32 Å². The number of rotatable bonds is 7. The molecule has 0 aliphatic rings. The normalized spacial score (nSPS) is 12.8. The summed E-state index contributed by atoms with van der Waals surface area (Å²) in [5.74, 6) is 1.97. The van der Waals surface area contributed by atoms with Gasteiger partial charge < -0.3 is 15.8 Å². The molecule has 1 aromatic rings. The Kier molecular flexibility index (Phi) is 6.16. The second-order valence-electron chi connectivity index (χ2n) is 5.20. The van der Waals surface area contributed by atoms with Crippen molar-refractivity contribution in [3.8, 4) is 5.75 Å². The third-order valence-corrected chi connectivity index (χ3v) is 3.14. The fraction of sp³-hybridized carbons (Fsp3) is 0.600. The van der Waals surface area contributed by atoms with Gasteiger partial charge in [-0.3, -0.25) is 0 Å². The Morgan fingerprint density at radius 1 is 1.28 bits per heavy atom. The summed E-state index contributed by atoms with van der Waals surface area (Å²) in [4.78, 5) is 0. The highest BCUT2D eigenvalue weighted by molar-refractivity contribution is 5.39. The largest absolute Gasteiger partial charge is 0.496 e. The van der Waals surface area contributed by atoms with E-state index in [0.29, 0.717) is 11.8 Å². The molecule has 0 spiro atoms. The van der Waals surface area contributed by atoms with Crippen LogP contribution in [0.5, 0.6) is 5.75 Å². The first-order valence-electron chi connectivity index (χ1n) is 6.66. The number of benzene rings is 1. The van der Waals surface area contributed by atoms with E-state index < -0.39 is 0 Å². The van der Waals surface area contributed by atoms with Crippen LogP contribution >= 0.6 is 0 Å². The van der Waals surface area contributed by atoms with Crippen molar-refractivity contribution < 1.29 is 4.74 Å². The average Bonchev–Trinajstić information content (AvgIpc) is 2.38. The van der Waals surface area contributed by atoms with Gasteiger partial charge in [0.05, 0.1) is 7.11 Å². The second-order valence-corrected chi connectivity index (χ2v) is 5.20. The van der Waals surface area contributed by atoms with Gasteiger partial charge in [0.1, 0.15) is 5.75 Å². The van der Waals surface area contributed by atoms with Gasteiger partial charge >= 0.3 is 0 Å². The molecule has 3 nitrogen and oxygen atoms in total. The Bertz CT molecular complexity index is 364. The van der Waals surface area contributed by atoms with Crippen LogP contribution in [0.25, 0.3) is 0 Å². The van der Waals surface area contributed by atoms with Crippen molar-refractivity contribution in [2.24, 2.45) is 11.7 Å². The summed E-state index contributed by atoms with van der Waals surface area (Å²) in [5, 5.41) is 3.44. The van der Waals surface area contributed by atoms with Crippen molar-refractivity contribution in [2.45, 2.75) is 33.2 Å². The summed E-state index contributed by atoms with van der Waals surface area (Å²) < 4.78 is 5.38. The zero-order valence-electron chi connectivity index (χ0n) is 12.0. The van der Waals surface area contributed by atoms with E-state index >= 15 is 0 Å². The van der Waals surface area contributed by atoms with E-state index in [1.165, 1.54) is 11.1 Å². The fourth-order valence-corrected chi connectivity index (χ4v) is 1.89. The van der Waals surface area contributed by atoms with E-state index in [4.69, 9.17) is 10.5 Å². The molecule has 0 fully saturated rings. The first kappa shape index (κ1) is 15.0. The summed E-state index contributed by atoms with van der Waals surface area (Å²) in [6.07, 6.45) is 0. The Morgan fingerprint density at radius 2 is 2.00 bits per heavy atom. The fourth-order valence-electron chi connectivity index (χ4n) is 1.89. The van der Waals surface area contributed by atoms with Crippen LogP contribution in [0.15, 0.2) is 18.2 Å². The zero-order valence-corrected chi connectivity index (χ0v) is 12.0. The van der Waals surface area contributed by atoms with Crippen molar-refractivity contribution in [1.29, 1.82) is 0 Å². The van der Waals surface area contributed by atoms with Crippen LogP contribution in [0.1, 0.15) is 37.8 Å². The smallest absolute Gasteiger partial charge is 0.122 e. The molecule has 1 aromatic carbocycles. The van der Waals surface area contributed by atoms with Crippen LogP contribution in [0.3, 0.4) is 0 Å². The van der Waals surface area contributed by atoms with Crippen LogP contribution in [0.2, 0.25) is 0 Å². The predicted octanol–water partition coefficient (Wildman–Crippen LogP) is 2.50. The van der Waals surface area contributed by atoms with E-state index in [1.807, 2.05) is 0 Å². The van der Waals surface area contributed by atoms with Gasteiger partial charge in [0.2, 0.25) is 0 Å². The Balaban J connectivity index is 2.64. The minimum atomic E-state index is 0.475. The minimum Gasteiger partial charge on any atom is -0.496 e. The lowest BCUT2D eigenvalue weighted by molar-refractivity contribution is 0.407. The van der Waals surface area contributed by atoms with Crippen LogP contribution in [-0.4, -0.2) is 20.2 Å². The van der Waals surface area contributed by atoms with Crippen LogP contribution < -0.4 is 15.8 Å². The van der Waals surface area contributed by atoms with Gasteiger partial charge in [0, 0.05) is 6.54 Å². The Morgan fingerprint density at radius 3 is 2.56 bits per heavy atom. The SMILES string of the molecule is COc1ccc(CNCC(C)CN)cc1C(C)C. The van der Waals surface area contributed by atoms with Gasteiger partial charge in [-0.1, -0.05) is 32.9 Å². The molecule has 0 aromatic heterocycles. The van der Waals surface area contributed by atoms with Gasteiger partial charge in [0.15, 0.2) is 0 Å². The van der Waals surface area contributed by atoms with E-state index in [9.17, 15) is 0 Å². The monoisotopic (exact) mass is 250 g/mol. The molecule has 0 radical (unpaired) electrons. The third kappa shape index (κ3) is 4.31. The van der Waals surface area contributed by atoms with Crippen molar-refractivity contribution in [2.75, 3.05) is 20.2 Å². The van der Waals surface area contributed by atoms with Gasteiger partial charge in [-0.25, -0.2) is 0 Å². The molecule has 0 heterocycles. The topological polar surface area (TPSA) is 47.3 Å². The van der Waals surface area contributed by atoms with Gasteiger partial charge in [-0.2, -0.15) is 0 Å². The number of nitrogens with two attached hydrogens (primary N) is 1. The number of hydrogen-bond acceptors (Lipinski definition) is 3. The molecule has 0 bridgehead atoms. The summed E-state index contributed by atoms with van der Waals surface area (Å²) in [5.41, 5.74) is 8.16. The summed E-state index contributed by atoms with van der Waals surface area (Å²) in [6, 6.07) is 6.40. The molecule has 1 unspecified atom stereocenters. The Labute approximate surface area is 111 Å². The van der Waals surface area contributed by atoms with E-state index in [1.54, 1.807) is 7.11 Å². The number of nitrogens with one attached hydrogen (secondary N) is 1. The van der Waals surface area contributed by atoms with Crippen molar-refractivity contribution in [3.63, 3.8) is 0 Å². The highest BCUT2D eigenvalue weighted by Crippen LogP contribution is 2.27. The van der Waals surface area contributed by atoms with Crippen LogP contribution in [-0.2, 0) is 6.54 Å². The summed E-state index contributed by atoms with van der Waals surface area (Å²) in [7, 11) is 1.72. The minimum absolute atomic E-state index is 0.475. The molecular formula is C15H26N2O. The van der Waals surface area contributed by atoms with Crippen LogP contribution in [0.4, 0.5) is 0 Å². The molecule has 0 saturated carbocycles. The maximum atomic E-state index is 5.60. The number of hydrogen-bond donors (Lipinski definition) is 2. The molecule has 18 heavy (non-hydrogen) atoms. The molecule has 0 amide bonds. The summed E-state index contributed by atoms with van der Waals surface area (Å²) >= 11 is 0. The van der Waals surface area contributed by atoms with Gasteiger partial charge in [-0.15, -0.1) is 0 Å². The Hall–Kier alpha value is -1.06. The maximum Gasteiger partial charge on any atom is 0.122 e. The third-order valence-electron chi connectivity index (χ3n) is 3.14. The molecular weight excluding hydrogens is 224 g/mol. The van der Waals surface area contributed by atoms with Gasteiger partial charge in [0.25, 0.3) is 0 Å².